The third-order valence-electron chi connectivity index (χ3n) is 3.42. The molecule has 1 aromatic carbocycles. The molecule has 0 heterocycles. The van der Waals surface area contributed by atoms with Crippen molar-refractivity contribution in [2.24, 2.45) is 5.92 Å². The zero-order chi connectivity index (χ0) is 14.3. The van der Waals surface area contributed by atoms with E-state index in [0.29, 0.717) is 5.92 Å². The van der Waals surface area contributed by atoms with Crippen molar-refractivity contribution in [3.05, 3.63) is 34.6 Å². The van der Waals surface area contributed by atoms with Gasteiger partial charge in [-0.15, -0.1) is 0 Å². The van der Waals surface area contributed by atoms with E-state index in [2.05, 4.69) is 26.1 Å². The zero-order valence-corrected chi connectivity index (χ0v) is 12.9. The van der Waals surface area contributed by atoms with Gasteiger partial charge in [-0.3, -0.25) is 0 Å². The maximum atomic E-state index is 13.6. The summed E-state index contributed by atoms with van der Waals surface area (Å²) in [6, 6.07) is 5.22. The molecule has 19 heavy (non-hydrogen) atoms. The van der Waals surface area contributed by atoms with Crippen LogP contribution in [0.15, 0.2) is 18.2 Å². The first kappa shape index (κ1) is 16.5. The Kier molecular flexibility index (Phi) is 7.40. The molecule has 0 spiro atoms. The van der Waals surface area contributed by atoms with E-state index >= 15 is 0 Å². The van der Waals surface area contributed by atoms with Gasteiger partial charge < -0.3 is 5.32 Å². The normalized spacial score (nSPS) is 14.4. The molecule has 2 unspecified atom stereocenters. The van der Waals surface area contributed by atoms with Crippen LogP contribution in [0.4, 0.5) is 4.39 Å². The highest BCUT2D eigenvalue weighted by molar-refractivity contribution is 6.31. The molecule has 0 radical (unpaired) electrons. The number of hydrogen-bond donors (Lipinski definition) is 1. The average molecular weight is 286 g/mol. The fourth-order valence-corrected chi connectivity index (χ4v) is 2.70. The number of benzene rings is 1. The Balaban J connectivity index is 2.85. The molecule has 0 saturated heterocycles. The lowest BCUT2D eigenvalue weighted by molar-refractivity contribution is 0.389. The number of rotatable bonds is 8. The largest absolute Gasteiger partial charge is 0.310 e. The molecule has 0 aliphatic carbocycles. The molecular weight excluding hydrogens is 261 g/mol. The first-order valence-corrected chi connectivity index (χ1v) is 7.65. The summed E-state index contributed by atoms with van der Waals surface area (Å²) in [5, 5.41) is 3.76. The van der Waals surface area contributed by atoms with E-state index in [9.17, 15) is 4.39 Å². The highest BCUT2D eigenvalue weighted by atomic mass is 35.5. The molecule has 0 aromatic heterocycles. The summed E-state index contributed by atoms with van der Waals surface area (Å²) in [5.74, 6) is 0.282. The molecule has 1 N–H and O–H groups in total. The second-order valence-electron chi connectivity index (χ2n) is 5.28. The van der Waals surface area contributed by atoms with Gasteiger partial charge in [-0.1, -0.05) is 57.3 Å². The Bertz CT molecular complexity index is 381. The quantitative estimate of drug-likeness (QED) is 0.679. The first-order chi connectivity index (χ1) is 9.10. The Morgan fingerprint density at radius 1 is 1.26 bits per heavy atom. The molecule has 0 fully saturated rings. The Morgan fingerprint density at radius 3 is 2.63 bits per heavy atom. The lowest BCUT2D eigenvalue weighted by Gasteiger charge is -2.23. The van der Waals surface area contributed by atoms with Crippen LogP contribution in [-0.4, -0.2) is 6.54 Å². The van der Waals surface area contributed by atoms with Gasteiger partial charge in [0.05, 0.1) is 5.02 Å². The molecule has 0 bridgehead atoms. The van der Waals surface area contributed by atoms with E-state index in [1.165, 1.54) is 18.9 Å². The number of hydrogen-bond acceptors (Lipinski definition) is 1. The predicted molar refractivity (Wildman–Crippen MR) is 81.1 cm³/mol. The van der Waals surface area contributed by atoms with Gasteiger partial charge in [0.1, 0.15) is 5.82 Å². The van der Waals surface area contributed by atoms with Crippen LogP contribution in [0.1, 0.15) is 58.1 Å². The molecule has 0 amide bonds. The molecule has 0 aliphatic heterocycles. The summed E-state index contributed by atoms with van der Waals surface area (Å²) in [7, 11) is 0. The van der Waals surface area contributed by atoms with Gasteiger partial charge in [0.25, 0.3) is 0 Å². The standard InChI is InChI=1S/C16H25ClFN/c1-4-7-12(3)11-15(19-10-5-2)13-8-6-9-14(18)16(13)17/h6,8-9,12,15,19H,4-5,7,10-11H2,1-3H3. The number of halogens is 2. The van der Waals surface area contributed by atoms with Crippen LogP contribution < -0.4 is 5.32 Å². The fraction of sp³-hybridized carbons (Fsp3) is 0.625. The van der Waals surface area contributed by atoms with Crippen LogP contribution in [0.2, 0.25) is 5.02 Å². The van der Waals surface area contributed by atoms with Crippen molar-refractivity contribution in [2.75, 3.05) is 6.54 Å². The van der Waals surface area contributed by atoms with Crippen molar-refractivity contribution in [1.82, 2.24) is 5.32 Å². The van der Waals surface area contributed by atoms with Crippen molar-refractivity contribution in [3.8, 4) is 0 Å². The van der Waals surface area contributed by atoms with Crippen LogP contribution in [0, 0.1) is 11.7 Å². The highest BCUT2D eigenvalue weighted by Gasteiger charge is 2.18. The van der Waals surface area contributed by atoms with E-state index in [1.54, 1.807) is 6.07 Å². The van der Waals surface area contributed by atoms with Gasteiger partial charge in [0.2, 0.25) is 0 Å². The van der Waals surface area contributed by atoms with E-state index in [0.717, 1.165) is 24.9 Å². The Hall–Kier alpha value is -0.600. The Labute approximate surface area is 121 Å². The van der Waals surface area contributed by atoms with Crippen LogP contribution in [0.3, 0.4) is 0 Å². The topological polar surface area (TPSA) is 12.0 Å². The van der Waals surface area contributed by atoms with Gasteiger partial charge in [0, 0.05) is 6.04 Å². The second-order valence-corrected chi connectivity index (χ2v) is 5.66. The molecule has 2 atom stereocenters. The molecule has 0 saturated carbocycles. The smallest absolute Gasteiger partial charge is 0.142 e. The highest BCUT2D eigenvalue weighted by Crippen LogP contribution is 2.30. The molecule has 3 heteroatoms. The van der Waals surface area contributed by atoms with Crippen molar-refractivity contribution in [2.45, 2.75) is 52.5 Å². The van der Waals surface area contributed by atoms with E-state index in [-0.39, 0.29) is 16.9 Å². The summed E-state index contributed by atoms with van der Waals surface area (Å²) in [4.78, 5) is 0. The summed E-state index contributed by atoms with van der Waals surface area (Å²) in [5.41, 5.74) is 0.887. The maximum Gasteiger partial charge on any atom is 0.142 e. The lowest BCUT2D eigenvalue weighted by atomic mass is 9.92. The van der Waals surface area contributed by atoms with Crippen molar-refractivity contribution < 1.29 is 4.39 Å². The van der Waals surface area contributed by atoms with Gasteiger partial charge in [-0.05, 0) is 36.9 Å². The minimum atomic E-state index is -0.328. The van der Waals surface area contributed by atoms with Crippen LogP contribution in [0.5, 0.6) is 0 Å². The molecule has 0 aliphatic rings. The molecule has 1 nitrogen and oxygen atoms in total. The second kappa shape index (κ2) is 8.55. The van der Waals surface area contributed by atoms with Gasteiger partial charge in [0.15, 0.2) is 0 Å². The van der Waals surface area contributed by atoms with Crippen molar-refractivity contribution in [3.63, 3.8) is 0 Å². The first-order valence-electron chi connectivity index (χ1n) is 7.27. The third-order valence-corrected chi connectivity index (χ3v) is 3.82. The minimum absolute atomic E-state index is 0.143. The summed E-state index contributed by atoms with van der Waals surface area (Å²) < 4.78 is 13.6. The van der Waals surface area contributed by atoms with Crippen molar-refractivity contribution >= 4 is 11.6 Å². The van der Waals surface area contributed by atoms with Gasteiger partial charge in [-0.25, -0.2) is 4.39 Å². The fourth-order valence-electron chi connectivity index (χ4n) is 2.44. The minimum Gasteiger partial charge on any atom is -0.310 e. The van der Waals surface area contributed by atoms with Crippen LogP contribution in [0.25, 0.3) is 0 Å². The third kappa shape index (κ3) is 5.12. The van der Waals surface area contributed by atoms with E-state index < -0.39 is 0 Å². The summed E-state index contributed by atoms with van der Waals surface area (Å²) in [6.45, 7) is 7.50. The maximum absolute atomic E-state index is 13.6. The van der Waals surface area contributed by atoms with E-state index in [1.807, 2.05) is 6.07 Å². The van der Waals surface area contributed by atoms with Crippen LogP contribution in [-0.2, 0) is 0 Å². The van der Waals surface area contributed by atoms with Crippen molar-refractivity contribution in [1.29, 1.82) is 0 Å². The molecule has 1 rings (SSSR count). The van der Waals surface area contributed by atoms with Crippen LogP contribution >= 0.6 is 11.6 Å². The van der Waals surface area contributed by atoms with Gasteiger partial charge >= 0.3 is 0 Å². The monoisotopic (exact) mass is 285 g/mol. The predicted octanol–water partition coefficient (Wildman–Crippen LogP) is 5.35. The zero-order valence-electron chi connectivity index (χ0n) is 12.2. The van der Waals surface area contributed by atoms with Gasteiger partial charge in [-0.2, -0.15) is 0 Å². The molecule has 1 aromatic rings. The summed E-state index contributed by atoms with van der Waals surface area (Å²) >= 11 is 6.11. The molecular formula is C16H25ClFN. The Morgan fingerprint density at radius 2 is 2.00 bits per heavy atom. The average Bonchev–Trinajstić information content (AvgIpc) is 2.38. The SMILES string of the molecule is CCCNC(CC(C)CCC)c1cccc(F)c1Cl. The molecule has 108 valence electrons. The number of nitrogens with one attached hydrogen (secondary N) is 1. The lowest BCUT2D eigenvalue weighted by Crippen LogP contribution is -2.24. The summed E-state index contributed by atoms with van der Waals surface area (Å²) in [6.07, 6.45) is 4.43. The van der Waals surface area contributed by atoms with E-state index in [4.69, 9.17) is 11.6 Å².